The van der Waals surface area contributed by atoms with Crippen LogP contribution >= 0.6 is 11.6 Å². The summed E-state index contributed by atoms with van der Waals surface area (Å²) < 4.78 is 27.3. The number of sulfone groups is 1. The SMILES string of the molecule is Cc1cccc(Cl)c1OCCNC(=O)CCS(C)(=O)=O. The van der Waals surface area contributed by atoms with Crippen molar-refractivity contribution in [3.63, 3.8) is 0 Å². The lowest BCUT2D eigenvalue weighted by atomic mass is 10.2. The summed E-state index contributed by atoms with van der Waals surface area (Å²) in [4.78, 5) is 11.4. The number of nitrogens with one attached hydrogen (secondary N) is 1. The quantitative estimate of drug-likeness (QED) is 0.774. The van der Waals surface area contributed by atoms with E-state index in [1.165, 1.54) is 0 Å². The van der Waals surface area contributed by atoms with Crippen molar-refractivity contribution in [3.8, 4) is 5.75 Å². The van der Waals surface area contributed by atoms with Gasteiger partial charge in [0, 0.05) is 12.7 Å². The molecule has 1 amide bonds. The Labute approximate surface area is 124 Å². The van der Waals surface area contributed by atoms with Crippen LogP contribution in [0.15, 0.2) is 18.2 Å². The third-order valence-corrected chi connectivity index (χ3v) is 3.78. The number of halogens is 1. The van der Waals surface area contributed by atoms with Crippen LogP contribution in [0.2, 0.25) is 5.02 Å². The number of ether oxygens (including phenoxy) is 1. The minimum Gasteiger partial charge on any atom is -0.490 e. The first-order chi connectivity index (χ1) is 9.29. The fraction of sp³-hybridized carbons (Fsp3) is 0.462. The Morgan fingerprint density at radius 2 is 2.10 bits per heavy atom. The molecular weight excluding hydrogens is 302 g/mol. The van der Waals surface area contributed by atoms with Crippen LogP contribution in [0.25, 0.3) is 0 Å². The van der Waals surface area contributed by atoms with E-state index in [1.807, 2.05) is 19.1 Å². The van der Waals surface area contributed by atoms with Crippen LogP contribution in [0.1, 0.15) is 12.0 Å². The van der Waals surface area contributed by atoms with E-state index in [-0.39, 0.29) is 24.7 Å². The Balaban J connectivity index is 2.30. The normalized spacial score (nSPS) is 11.2. The van der Waals surface area contributed by atoms with Crippen LogP contribution < -0.4 is 10.1 Å². The number of hydrogen-bond donors (Lipinski definition) is 1. The van der Waals surface area contributed by atoms with E-state index >= 15 is 0 Å². The van der Waals surface area contributed by atoms with Gasteiger partial charge in [0.15, 0.2) is 0 Å². The first kappa shape index (κ1) is 16.8. The predicted octanol–water partition coefficient (Wildman–Crippen LogP) is 1.58. The van der Waals surface area contributed by atoms with Gasteiger partial charge >= 0.3 is 0 Å². The molecule has 20 heavy (non-hydrogen) atoms. The number of rotatable bonds is 7. The number of aryl methyl sites for hydroxylation is 1. The van der Waals surface area contributed by atoms with Gasteiger partial charge in [-0.3, -0.25) is 4.79 Å². The van der Waals surface area contributed by atoms with Gasteiger partial charge in [-0.15, -0.1) is 0 Å². The summed E-state index contributed by atoms with van der Waals surface area (Å²) in [5.41, 5.74) is 0.918. The Hall–Kier alpha value is -1.27. The molecule has 0 saturated carbocycles. The van der Waals surface area contributed by atoms with Gasteiger partial charge in [-0.05, 0) is 18.6 Å². The summed E-state index contributed by atoms with van der Waals surface area (Å²) in [5, 5.41) is 3.11. The van der Waals surface area contributed by atoms with Crippen LogP contribution in [0.3, 0.4) is 0 Å². The molecule has 0 spiro atoms. The fourth-order valence-electron chi connectivity index (χ4n) is 1.51. The molecule has 1 rings (SSSR count). The molecule has 112 valence electrons. The summed E-state index contributed by atoms with van der Waals surface area (Å²) in [5.74, 6) is 0.137. The van der Waals surface area contributed by atoms with Crippen molar-refractivity contribution >= 4 is 27.3 Å². The minimum atomic E-state index is -3.11. The highest BCUT2D eigenvalue weighted by Gasteiger charge is 2.08. The third kappa shape index (κ3) is 6.25. The lowest BCUT2D eigenvalue weighted by Gasteiger charge is -2.11. The monoisotopic (exact) mass is 319 g/mol. The Morgan fingerprint density at radius 1 is 1.40 bits per heavy atom. The van der Waals surface area contributed by atoms with Crippen molar-refractivity contribution in [2.24, 2.45) is 0 Å². The molecule has 0 saturated heterocycles. The van der Waals surface area contributed by atoms with Crippen LogP contribution in [-0.2, 0) is 14.6 Å². The van der Waals surface area contributed by atoms with E-state index in [0.717, 1.165) is 11.8 Å². The van der Waals surface area contributed by atoms with E-state index in [2.05, 4.69) is 5.32 Å². The summed E-state index contributed by atoms with van der Waals surface area (Å²) >= 11 is 5.99. The Morgan fingerprint density at radius 3 is 2.70 bits per heavy atom. The van der Waals surface area contributed by atoms with Gasteiger partial charge in [-0.2, -0.15) is 0 Å². The fourth-order valence-corrected chi connectivity index (χ4v) is 2.34. The van der Waals surface area contributed by atoms with Gasteiger partial charge in [-0.25, -0.2) is 8.42 Å². The molecule has 7 heteroatoms. The van der Waals surface area contributed by atoms with Gasteiger partial charge in [0.2, 0.25) is 5.91 Å². The highest BCUT2D eigenvalue weighted by Crippen LogP contribution is 2.27. The van der Waals surface area contributed by atoms with E-state index in [9.17, 15) is 13.2 Å². The number of amides is 1. The maximum Gasteiger partial charge on any atom is 0.221 e. The second kappa shape index (κ2) is 7.50. The largest absolute Gasteiger partial charge is 0.490 e. The van der Waals surface area contributed by atoms with Crippen molar-refractivity contribution in [3.05, 3.63) is 28.8 Å². The molecule has 5 nitrogen and oxygen atoms in total. The average Bonchev–Trinajstić information content (AvgIpc) is 2.34. The van der Waals surface area contributed by atoms with Crippen LogP contribution in [0, 0.1) is 6.92 Å². The number of hydrogen-bond acceptors (Lipinski definition) is 4. The van der Waals surface area contributed by atoms with Gasteiger partial charge in [0.05, 0.1) is 17.3 Å². The van der Waals surface area contributed by atoms with E-state index < -0.39 is 9.84 Å². The Kier molecular flexibility index (Phi) is 6.29. The van der Waals surface area contributed by atoms with Crippen LogP contribution in [-0.4, -0.2) is 39.5 Å². The molecule has 0 aromatic heterocycles. The van der Waals surface area contributed by atoms with E-state index in [0.29, 0.717) is 17.3 Å². The molecule has 0 unspecified atom stereocenters. The third-order valence-electron chi connectivity index (χ3n) is 2.53. The van der Waals surface area contributed by atoms with Gasteiger partial charge in [-0.1, -0.05) is 23.7 Å². The molecule has 0 fully saturated rings. The number of benzene rings is 1. The maximum absolute atomic E-state index is 11.4. The van der Waals surface area contributed by atoms with Gasteiger partial charge < -0.3 is 10.1 Å². The van der Waals surface area contributed by atoms with Crippen molar-refractivity contribution in [1.82, 2.24) is 5.32 Å². The topological polar surface area (TPSA) is 72.5 Å². The number of para-hydroxylation sites is 1. The van der Waals surface area contributed by atoms with Crippen molar-refractivity contribution in [1.29, 1.82) is 0 Å². The van der Waals surface area contributed by atoms with Gasteiger partial charge in [0.25, 0.3) is 0 Å². The standard InChI is InChI=1S/C13H18ClNO4S/c1-10-4-3-5-11(14)13(10)19-8-7-15-12(16)6-9-20(2,17)18/h3-5H,6-9H2,1-2H3,(H,15,16). The summed E-state index contributed by atoms with van der Waals surface area (Å²) in [6, 6.07) is 5.44. The zero-order valence-electron chi connectivity index (χ0n) is 11.5. The molecule has 1 aromatic carbocycles. The minimum absolute atomic E-state index is 0.0377. The second-order valence-electron chi connectivity index (χ2n) is 4.46. The zero-order chi connectivity index (χ0) is 15.2. The molecular formula is C13H18ClNO4S. The molecule has 0 heterocycles. The average molecular weight is 320 g/mol. The highest BCUT2D eigenvalue weighted by atomic mass is 35.5. The molecule has 1 aromatic rings. The lowest BCUT2D eigenvalue weighted by molar-refractivity contribution is -0.120. The first-order valence-corrected chi connectivity index (χ1v) is 8.56. The number of carbonyl (C=O) groups is 1. The molecule has 0 radical (unpaired) electrons. The lowest BCUT2D eigenvalue weighted by Crippen LogP contribution is -2.29. The zero-order valence-corrected chi connectivity index (χ0v) is 13.1. The maximum atomic E-state index is 11.4. The van der Waals surface area contributed by atoms with Crippen LogP contribution in [0.5, 0.6) is 5.75 Å². The van der Waals surface area contributed by atoms with Gasteiger partial charge in [0.1, 0.15) is 22.2 Å². The molecule has 0 aliphatic heterocycles. The summed E-state index contributed by atoms with van der Waals surface area (Å²) in [6.45, 7) is 2.45. The first-order valence-electron chi connectivity index (χ1n) is 6.12. The highest BCUT2D eigenvalue weighted by molar-refractivity contribution is 7.90. The van der Waals surface area contributed by atoms with E-state index in [1.54, 1.807) is 6.07 Å². The van der Waals surface area contributed by atoms with Crippen molar-refractivity contribution in [2.45, 2.75) is 13.3 Å². The summed E-state index contributed by atoms with van der Waals surface area (Å²) in [6.07, 6.45) is 1.06. The molecule has 0 aliphatic rings. The molecule has 0 bridgehead atoms. The van der Waals surface area contributed by atoms with Crippen LogP contribution in [0.4, 0.5) is 0 Å². The summed E-state index contributed by atoms with van der Waals surface area (Å²) in [7, 11) is -3.11. The second-order valence-corrected chi connectivity index (χ2v) is 7.13. The molecule has 1 N–H and O–H groups in total. The van der Waals surface area contributed by atoms with Crippen molar-refractivity contribution < 1.29 is 17.9 Å². The predicted molar refractivity (Wildman–Crippen MR) is 79.0 cm³/mol. The van der Waals surface area contributed by atoms with Crippen molar-refractivity contribution in [2.75, 3.05) is 25.2 Å². The molecule has 0 aliphatic carbocycles. The smallest absolute Gasteiger partial charge is 0.221 e. The Bertz CT molecular complexity index is 551. The number of carbonyl (C=O) groups excluding carboxylic acids is 1. The molecule has 0 atom stereocenters. The van der Waals surface area contributed by atoms with E-state index in [4.69, 9.17) is 16.3 Å².